The second kappa shape index (κ2) is 7.22. The number of rotatable bonds is 3. The molecule has 1 aromatic carbocycles. The average molecular weight is 412 g/mol. The molecule has 6 heterocycles. The summed E-state index contributed by atoms with van der Waals surface area (Å²) in [6.45, 7) is 6.74. The molecule has 0 saturated carbocycles. The third-order valence-electron chi connectivity index (χ3n) is 7.61. The van der Waals surface area contributed by atoms with Crippen molar-refractivity contribution in [1.82, 2.24) is 19.9 Å². The minimum absolute atomic E-state index is 0.000794. The SMILES string of the molecule is O=C(N[C@@H]1CN2CCC1CC2)c1nsc2cc(N3CC4CCCNC4C3)ccc12. The summed E-state index contributed by atoms with van der Waals surface area (Å²) in [4.78, 5) is 17.9. The number of nitrogens with zero attached hydrogens (tertiary/aromatic N) is 3. The molecule has 5 fully saturated rings. The smallest absolute Gasteiger partial charge is 0.271 e. The van der Waals surface area contributed by atoms with E-state index in [-0.39, 0.29) is 11.9 Å². The van der Waals surface area contributed by atoms with Gasteiger partial charge in [-0.2, -0.15) is 4.37 Å². The Morgan fingerprint density at radius 1 is 1.14 bits per heavy atom. The van der Waals surface area contributed by atoms with E-state index in [4.69, 9.17) is 0 Å². The van der Waals surface area contributed by atoms with E-state index in [0.29, 0.717) is 17.7 Å². The maximum atomic E-state index is 13.0. The highest BCUT2D eigenvalue weighted by Gasteiger charge is 2.36. The first-order chi connectivity index (χ1) is 14.2. The van der Waals surface area contributed by atoms with Gasteiger partial charge in [0.1, 0.15) is 5.69 Å². The fourth-order valence-corrected chi connectivity index (χ4v) is 6.72. The molecular formula is C22H29N5OS. The highest BCUT2D eigenvalue weighted by Crippen LogP contribution is 2.33. The zero-order valence-corrected chi connectivity index (χ0v) is 17.6. The molecule has 7 heteroatoms. The number of carbonyl (C=O) groups excluding carboxylic acids is 1. The molecule has 0 radical (unpaired) electrons. The van der Waals surface area contributed by atoms with Crippen molar-refractivity contribution in [2.24, 2.45) is 11.8 Å². The van der Waals surface area contributed by atoms with Gasteiger partial charge < -0.3 is 20.4 Å². The van der Waals surface area contributed by atoms with Crippen LogP contribution >= 0.6 is 11.5 Å². The topological polar surface area (TPSA) is 60.5 Å². The predicted octanol–water partition coefficient (Wildman–Crippen LogP) is 2.31. The summed E-state index contributed by atoms with van der Waals surface area (Å²) < 4.78 is 5.66. The van der Waals surface area contributed by atoms with Gasteiger partial charge >= 0.3 is 0 Å². The van der Waals surface area contributed by atoms with Crippen molar-refractivity contribution in [2.45, 2.75) is 37.8 Å². The lowest BCUT2D eigenvalue weighted by atomic mass is 9.84. The Morgan fingerprint density at radius 3 is 2.83 bits per heavy atom. The van der Waals surface area contributed by atoms with E-state index >= 15 is 0 Å². The Labute approximate surface area is 175 Å². The van der Waals surface area contributed by atoms with Crippen molar-refractivity contribution in [3.8, 4) is 0 Å². The van der Waals surface area contributed by atoms with E-state index in [1.165, 1.54) is 56.0 Å². The molecule has 154 valence electrons. The Bertz CT molecular complexity index is 907. The van der Waals surface area contributed by atoms with Crippen LogP contribution in [0.2, 0.25) is 0 Å². The summed E-state index contributed by atoms with van der Waals surface area (Å²) in [5, 5.41) is 7.97. The minimum Gasteiger partial charge on any atom is -0.370 e. The van der Waals surface area contributed by atoms with Gasteiger partial charge in [-0.05, 0) is 86.9 Å². The molecule has 2 unspecified atom stereocenters. The van der Waals surface area contributed by atoms with Gasteiger partial charge in [-0.25, -0.2) is 0 Å². The van der Waals surface area contributed by atoms with E-state index in [0.717, 1.165) is 42.2 Å². The van der Waals surface area contributed by atoms with Crippen LogP contribution < -0.4 is 15.5 Å². The summed E-state index contributed by atoms with van der Waals surface area (Å²) in [5.41, 5.74) is 1.87. The van der Waals surface area contributed by atoms with Gasteiger partial charge in [0.05, 0.1) is 4.70 Å². The molecule has 3 atom stereocenters. The predicted molar refractivity (Wildman–Crippen MR) is 117 cm³/mol. The standard InChI is InChI=1S/C22H29N5OS/c28-22(24-19-12-26-8-5-14(19)6-9-26)21-17-4-3-16(10-20(17)29-25-21)27-11-15-2-1-7-23-18(15)13-27/h3-4,10,14-15,18-19,23H,1-2,5-9,11-13H2,(H,24,28)/t15?,18?,19-/m1/s1. The molecule has 6 nitrogen and oxygen atoms in total. The molecule has 2 aromatic rings. The summed E-state index contributed by atoms with van der Waals surface area (Å²) in [6, 6.07) is 7.43. The number of hydrogen-bond acceptors (Lipinski definition) is 6. The number of aromatic nitrogens is 1. The van der Waals surface area contributed by atoms with Crippen LogP contribution in [-0.2, 0) is 0 Å². The Balaban J connectivity index is 1.19. The van der Waals surface area contributed by atoms with E-state index in [2.05, 4.69) is 43.0 Å². The van der Waals surface area contributed by atoms with Gasteiger partial charge in [0.25, 0.3) is 5.91 Å². The van der Waals surface area contributed by atoms with Crippen LogP contribution in [0.4, 0.5) is 5.69 Å². The highest BCUT2D eigenvalue weighted by atomic mass is 32.1. The van der Waals surface area contributed by atoms with E-state index in [1.807, 2.05) is 0 Å². The molecule has 2 bridgehead atoms. The molecule has 0 spiro atoms. The van der Waals surface area contributed by atoms with Crippen molar-refractivity contribution < 1.29 is 4.79 Å². The first kappa shape index (κ1) is 18.1. The largest absolute Gasteiger partial charge is 0.370 e. The van der Waals surface area contributed by atoms with Gasteiger partial charge in [0.2, 0.25) is 0 Å². The molecule has 5 saturated heterocycles. The van der Waals surface area contributed by atoms with Crippen LogP contribution in [0.5, 0.6) is 0 Å². The lowest BCUT2D eigenvalue weighted by Gasteiger charge is -2.44. The van der Waals surface area contributed by atoms with Crippen LogP contribution in [0.1, 0.15) is 36.2 Å². The average Bonchev–Trinajstić information content (AvgIpc) is 3.38. The molecule has 7 rings (SSSR count). The molecule has 0 aliphatic carbocycles. The van der Waals surface area contributed by atoms with Gasteiger partial charge in [0, 0.05) is 42.8 Å². The summed E-state index contributed by atoms with van der Waals surface area (Å²) in [7, 11) is 0. The highest BCUT2D eigenvalue weighted by molar-refractivity contribution is 7.13. The maximum Gasteiger partial charge on any atom is 0.271 e. The second-order valence-corrected chi connectivity index (χ2v) is 10.1. The third-order valence-corrected chi connectivity index (χ3v) is 8.42. The minimum atomic E-state index is -0.000794. The molecule has 1 aromatic heterocycles. The van der Waals surface area contributed by atoms with Crippen LogP contribution in [0.3, 0.4) is 0 Å². The number of fused-ring (bicyclic) bond motifs is 5. The number of benzene rings is 1. The first-order valence-electron chi connectivity index (χ1n) is 11.2. The molecule has 5 aliphatic rings. The van der Waals surface area contributed by atoms with E-state index in [9.17, 15) is 4.79 Å². The quantitative estimate of drug-likeness (QED) is 0.812. The fraction of sp³-hybridized carbons (Fsp3) is 0.636. The number of anilines is 1. The summed E-state index contributed by atoms with van der Waals surface area (Å²) >= 11 is 1.45. The number of amides is 1. The van der Waals surface area contributed by atoms with Crippen molar-refractivity contribution in [1.29, 1.82) is 0 Å². The van der Waals surface area contributed by atoms with Crippen molar-refractivity contribution in [2.75, 3.05) is 44.2 Å². The Hall–Kier alpha value is -1.70. The summed E-state index contributed by atoms with van der Waals surface area (Å²) in [6.07, 6.45) is 5.04. The molecule has 29 heavy (non-hydrogen) atoms. The van der Waals surface area contributed by atoms with Crippen molar-refractivity contribution >= 4 is 33.2 Å². The van der Waals surface area contributed by atoms with Crippen LogP contribution in [-0.4, -0.2) is 66.5 Å². The zero-order valence-electron chi connectivity index (χ0n) is 16.8. The maximum absolute atomic E-state index is 13.0. The van der Waals surface area contributed by atoms with Crippen LogP contribution in [0.15, 0.2) is 18.2 Å². The molecule has 2 N–H and O–H groups in total. The monoisotopic (exact) mass is 411 g/mol. The number of carbonyl (C=O) groups is 1. The zero-order chi connectivity index (χ0) is 19.4. The van der Waals surface area contributed by atoms with Gasteiger partial charge in [0.15, 0.2) is 0 Å². The molecule has 1 amide bonds. The van der Waals surface area contributed by atoms with Gasteiger partial charge in [-0.3, -0.25) is 4.79 Å². The second-order valence-electron chi connectivity index (χ2n) is 9.30. The van der Waals surface area contributed by atoms with Crippen molar-refractivity contribution in [3.63, 3.8) is 0 Å². The molecular weight excluding hydrogens is 382 g/mol. The number of nitrogens with one attached hydrogen (secondary N) is 2. The van der Waals surface area contributed by atoms with Gasteiger partial charge in [-0.1, -0.05) is 0 Å². The summed E-state index contributed by atoms with van der Waals surface area (Å²) in [5.74, 6) is 1.40. The normalized spacial score (nSPS) is 33.8. The van der Waals surface area contributed by atoms with Crippen LogP contribution in [0.25, 0.3) is 10.1 Å². The molecule has 5 aliphatic heterocycles. The Morgan fingerprint density at radius 2 is 2.03 bits per heavy atom. The van der Waals surface area contributed by atoms with E-state index in [1.54, 1.807) is 0 Å². The Kier molecular flexibility index (Phi) is 4.50. The van der Waals surface area contributed by atoms with E-state index < -0.39 is 0 Å². The fourth-order valence-electron chi connectivity index (χ4n) is 5.91. The van der Waals surface area contributed by atoms with Crippen molar-refractivity contribution in [3.05, 3.63) is 23.9 Å². The first-order valence-corrected chi connectivity index (χ1v) is 11.9. The number of piperidine rings is 4. The third kappa shape index (κ3) is 3.23. The lowest BCUT2D eigenvalue weighted by molar-refractivity contribution is 0.0619. The van der Waals surface area contributed by atoms with Gasteiger partial charge in [-0.15, -0.1) is 0 Å². The number of hydrogen-bond donors (Lipinski definition) is 2. The van der Waals surface area contributed by atoms with Crippen LogP contribution in [0, 0.1) is 11.8 Å². The lowest BCUT2D eigenvalue weighted by Crippen LogP contribution is -2.57.